The Labute approximate surface area is 139 Å². The molecule has 0 bridgehead atoms. The van der Waals surface area contributed by atoms with Gasteiger partial charge in [0.05, 0.1) is 12.3 Å². The number of nitrogens with zero attached hydrogens (tertiary/aromatic N) is 2. The summed E-state index contributed by atoms with van der Waals surface area (Å²) in [7, 11) is 1.90. The zero-order valence-corrected chi connectivity index (χ0v) is 15.3. The molecule has 0 saturated heterocycles. The number of hydrogen-bond acceptors (Lipinski definition) is 4. The summed E-state index contributed by atoms with van der Waals surface area (Å²) < 4.78 is 7.12. The number of aliphatic hydroxyl groups excluding tert-OH is 1. The molecule has 23 heavy (non-hydrogen) atoms. The molecule has 0 spiro atoms. The van der Waals surface area contributed by atoms with Crippen LogP contribution in [0.25, 0.3) is 0 Å². The summed E-state index contributed by atoms with van der Waals surface area (Å²) in [6.07, 6.45) is 1.94. The second kappa shape index (κ2) is 7.81. The molecule has 0 aromatic carbocycles. The molecule has 0 fully saturated rings. The van der Waals surface area contributed by atoms with Gasteiger partial charge in [0.2, 0.25) is 0 Å². The minimum atomic E-state index is -0.532. The minimum Gasteiger partial charge on any atom is -0.444 e. The van der Waals surface area contributed by atoms with Crippen molar-refractivity contribution < 1.29 is 14.6 Å². The molecule has 1 atom stereocenters. The first-order valence-electron chi connectivity index (χ1n) is 8.18. The fourth-order valence-corrected chi connectivity index (χ4v) is 2.75. The number of ether oxygens (including phenoxy) is 1. The Morgan fingerprint density at radius 1 is 1.43 bits per heavy atom. The van der Waals surface area contributed by atoms with E-state index in [4.69, 9.17) is 4.74 Å². The van der Waals surface area contributed by atoms with E-state index in [0.717, 1.165) is 24.2 Å². The number of amides is 1. The van der Waals surface area contributed by atoms with Crippen molar-refractivity contribution in [1.82, 2.24) is 15.1 Å². The molecular weight excluding hydrogens is 294 g/mol. The fraction of sp³-hybridized carbons (Fsp3) is 0.765. The SMILES string of the molecule is CCCC(CO)(CNC(=O)OC(C)(C)C)Cc1cc(C)nn1C. The molecule has 1 unspecified atom stereocenters. The van der Waals surface area contributed by atoms with Gasteiger partial charge in [0, 0.05) is 24.7 Å². The van der Waals surface area contributed by atoms with E-state index in [1.54, 1.807) is 0 Å². The minimum absolute atomic E-state index is 0.000859. The molecule has 0 saturated carbocycles. The van der Waals surface area contributed by atoms with Gasteiger partial charge in [-0.2, -0.15) is 5.10 Å². The summed E-state index contributed by atoms with van der Waals surface area (Å²) in [6.45, 7) is 9.88. The summed E-state index contributed by atoms with van der Waals surface area (Å²) in [4.78, 5) is 11.9. The molecule has 0 aliphatic rings. The van der Waals surface area contributed by atoms with Crippen molar-refractivity contribution in [3.63, 3.8) is 0 Å². The number of carbonyl (C=O) groups is 1. The van der Waals surface area contributed by atoms with Crippen LogP contribution >= 0.6 is 0 Å². The summed E-state index contributed by atoms with van der Waals surface area (Å²) in [5.74, 6) is 0. The van der Waals surface area contributed by atoms with Crippen LogP contribution in [0.5, 0.6) is 0 Å². The standard InChI is InChI=1S/C17H31N3O3/c1-7-8-17(12-21,10-14-9-13(2)19-20(14)6)11-18-15(22)23-16(3,4)5/h9,21H,7-8,10-12H2,1-6H3,(H,18,22). The van der Waals surface area contributed by atoms with E-state index in [9.17, 15) is 9.90 Å². The molecule has 1 aromatic heterocycles. The van der Waals surface area contributed by atoms with Gasteiger partial charge in [-0.1, -0.05) is 13.3 Å². The van der Waals surface area contributed by atoms with E-state index in [-0.39, 0.29) is 6.61 Å². The van der Waals surface area contributed by atoms with Gasteiger partial charge in [-0.25, -0.2) is 4.79 Å². The van der Waals surface area contributed by atoms with E-state index in [0.29, 0.717) is 13.0 Å². The van der Waals surface area contributed by atoms with Crippen molar-refractivity contribution in [2.45, 2.75) is 59.5 Å². The smallest absolute Gasteiger partial charge is 0.407 e. The number of rotatable bonds is 7. The number of aliphatic hydroxyl groups is 1. The molecule has 1 heterocycles. The maximum absolute atomic E-state index is 11.9. The number of aryl methyl sites for hydroxylation is 2. The number of aromatic nitrogens is 2. The van der Waals surface area contributed by atoms with Crippen molar-refractivity contribution in [2.24, 2.45) is 12.5 Å². The highest BCUT2D eigenvalue weighted by atomic mass is 16.6. The molecule has 6 heteroatoms. The zero-order valence-electron chi connectivity index (χ0n) is 15.3. The van der Waals surface area contributed by atoms with Gasteiger partial charge >= 0.3 is 6.09 Å². The van der Waals surface area contributed by atoms with E-state index < -0.39 is 17.1 Å². The molecule has 1 rings (SSSR count). The van der Waals surface area contributed by atoms with Gasteiger partial charge in [-0.3, -0.25) is 4.68 Å². The third kappa shape index (κ3) is 6.22. The predicted octanol–water partition coefficient (Wildman–Crippen LogP) is 2.57. The molecule has 1 amide bonds. The maximum atomic E-state index is 11.9. The molecule has 0 aliphatic carbocycles. The quantitative estimate of drug-likeness (QED) is 0.808. The second-order valence-electron chi connectivity index (χ2n) is 7.34. The maximum Gasteiger partial charge on any atom is 0.407 e. The van der Waals surface area contributed by atoms with Crippen LogP contribution in [0.3, 0.4) is 0 Å². The van der Waals surface area contributed by atoms with Crippen LogP contribution in [-0.2, 0) is 18.2 Å². The van der Waals surface area contributed by atoms with Crippen molar-refractivity contribution in [3.8, 4) is 0 Å². The third-order valence-electron chi connectivity index (χ3n) is 3.78. The fourth-order valence-electron chi connectivity index (χ4n) is 2.75. The highest BCUT2D eigenvalue weighted by Gasteiger charge is 2.31. The van der Waals surface area contributed by atoms with E-state index in [1.807, 2.05) is 45.5 Å². The molecule has 2 N–H and O–H groups in total. The zero-order chi connectivity index (χ0) is 17.7. The van der Waals surface area contributed by atoms with Crippen LogP contribution in [0.2, 0.25) is 0 Å². The first-order valence-corrected chi connectivity index (χ1v) is 8.18. The van der Waals surface area contributed by atoms with Crippen molar-refractivity contribution in [1.29, 1.82) is 0 Å². The Morgan fingerprint density at radius 2 is 2.09 bits per heavy atom. The molecule has 0 radical (unpaired) electrons. The van der Waals surface area contributed by atoms with Gasteiger partial charge in [0.15, 0.2) is 0 Å². The van der Waals surface area contributed by atoms with Crippen LogP contribution in [0.1, 0.15) is 51.9 Å². The first kappa shape index (κ1) is 19.5. The lowest BCUT2D eigenvalue weighted by molar-refractivity contribution is 0.0453. The molecule has 1 aromatic rings. The molecule has 132 valence electrons. The molecule has 6 nitrogen and oxygen atoms in total. The van der Waals surface area contributed by atoms with Crippen LogP contribution in [0, 0.1) is 12.3 Å². The molecule has 0 aliphatic heterocycles. The normalized spacial score (nSPS) is 14.4. The molecular formula is C17H31N3O3. The Hall–Kier alpha value is -1.56. The first-order chi connectivity index (χ1) is 10.6. The Kier molecular flexibility index (Phi) is 6.62. The van der Waals surface area contributed by atoms with E-state index >= 15 is 0 Å². The summed E-state index contributed by atoms with van der Waals surface area (Å²) in [6, 6.07) is 2.02. The second-order valence-corrected chi connectivity index (χ2v) is 7.34. The topological polar surface area (TPSA) is 76.4 Å². The van der Waals surface area contributed by atoms with Crippen molar-refractivity contribution in [2.75, 3.05) is 13.2 Å². The van der Waals surface area contributed by atoms with Crippen molar-refractivity contribution >= 4 is 6.09 Å². The van der Waals surface area contributed by atoms with Gasteiger partial charge in [0.1, 0.15) is 5.60 Å². The lowest BCUT2D eigenvalue weighted by atomic mass is 9.79. The van der Waals surface area contributed by atoms with Gasteiger partial charge in [-0.15, -0.1) is 0 Å². The number of hydrogen-bond donors (Lipinski definition) is 2. The monoisotopic (exact) mass is 325 g/mol. The highest BCUT2D eigenvalue weighted by Crippen LogP contribution is 2.28. The number of nitrogens with one attached hydrogen (secondary N) is 1. The predicted molar refractivity (Wildman–Crippen MR) is 90.3 cm³/mol. The van der Waals surface area contributed by atoms with Gasteiger partial charge in [0.25, 0.3) is 0 Å². The summed E-state index contributed by atoms with van der Waals surface area (Å²) in [5, 5.41) is 17.2. The Balaban J connectivity index is 2.81. The average Bonchev–Trinajstić information content (AvgIpc) is 2.72. The Morgan fingerprint density at radius 3 is 2.52 bits per heavy atom. The van der Waals surface area contributed by atoms with E-state index in [2.05, 4.69) is 17.3 Å². The highest BCUT2D eigenvalue weighted by molar-refractivity contribution is 5.67. The average molecular weight is 325 g/mol. The largest absolute Gasteiger partial charge is 0.444 e. The summed E-state index contributed by atoms with van der Waals surface area (Å²) in [5.41, 5.74) is 1.06. The number of carbonyl (C=O) groups excluding carboxylic acids is 1. The third-order valence-corrected chi connectivity index (χ3v) is 3.78. The van der Waals surface area contributed by atoms with Crippen LogP contribution < -0.4 is 5.32 Å². The summed E-state index contributed by atoms with van der Waals surface area (Å²) >= 11 is 0. The number of alkyl carbamates (subject to hydrolysis) is 1. The lowest BCUT2D eigenvalue weighted by Crippen LogP contribution is -2.43. The van der Waals surface area contributed by atoms with Crippen LogP contribution in [0.4, 0.5) is 4.79 Å². The van der Waals surface area contributed by atoms with Crippen molar-refractivity contribution in [3.05, 3.63) is 17.5 Å². The lowest BCUT2D eigenvalue weighted by Gasteiger charge is -2.32. The van der Waals surface area contributed by atoms with E-state index in [1.165, 1.54) is 0 Å². The van der Waals surface area contributed by atoms with Gasteiger partial charge in [-0.05, 0) is 46.6 Å². The van der Waals surface area contributed by atoms with Crippen LogP contribution in [0.15, 0.2) is 6.07 Å². The van der Waals surface area contributed by atoms with Crippen LogP contribution in [-0.4, -0.2) is 39.7 Å². The Bertz CT molecular complexity index is 520. The van der Waals surface area contributed by atoms with Gasteiger partial charge < -0.3 is 15.2 Å².